The van der Waals surface area contributed by atoms with Crippen molar-refractivity contribution in [1.82, 2.24) is 8.69 Å². The van der Waals surface area contributed by atoms with Crippen LogP contribution in [0.25, 0.3) is 10.2 Å². The largest absolute Gasteiger partial charge is 0.308 e. The number of benzene rings is 1. The molecule has 1 heterocycles. The van der Waals surface area contributed by atoms with Crippen molar-refractivity contribution in [2.45, 2.75) is 18.2 Å². The summed E-state index contributed by atoms with van der Waals surface area (Å²) in [5.74, 6) is 1.78. The van der Waals surface area contributed by atoms with Crippen molar-refractivity contribution in [3.05, 3.63) is 24.3 Å². The topological polar surface area (TPSA) is 33.2 Å². The predicted octanol–water partition coefficient (Wildman–Crippen LogP) is 5.15. The van der Waals surface area contributed by atoms with Gasteiger partial charge in [0.05, 0.1) is 10.2 Å². The van der Waals surface area contributed by atoms with Crippen LogP contribution in [0.3, 0.4) is 0 Å². The maximum Gasteiger partial charge on any atom is 0.308 e. The highest BCUT2D eigenvalue weighted by Gasteiger charge is 2.17. The Morgan fingerprint density at radius 2 is 1.95 bits per heavy atom. The summed E-state index contributed by atoms with van der Waals surface area (Å²) in [7, 11) is 0. The molecule has 0 radical (unpaired) electrons. The fraction of sp³-hybridized carbons (Fsp3) is 0.333. The number of fused-ring (bicyclic) bond motifs is 1. The Hall–Kier alpha value is -0.370. The third kappa shape index (κ3) is 4.05. The molecule has 2 rings (SSSR count). The van der Waals surface area contributed by atoms with E-state index < -0.39 is 0 Å². The zero-order chi connectivity index (χ0) is 13.7. The Kier molecular flexibility index (Phi) is 5.87. The summed E-state index contributed by atoms with van der Waals surface area (Å²) >= 11 is 5.85. The van der Waals surface area contributed by atoms with Crippen LogP contribution in [0.1, 0.15) is 13.8 Å². The molecule has 1 aromatic heterocycles. The molecule has 0 aliphatic carbocycles. The molecule has 3 nitrogen and oxygen atoms in total. The maximum atomic E-state index is 12.2. The minimum absolute atomic E-state index is 0.0396. The van der Waals surface area contributed by atoms with Crippen molar-refractivity contribution in [2.75, 3.05) is 11.5 Å². The molecular formula is C12H14N2OS4. The zero-order valence-corrected chi connectivity index (χ0v) is 13.9. The van der Waals surface area contributed by atoms with Crippen LogP contribution in [0.2, 0.25) is 0 Å². The third-order valence-electron chi connectivity index (χ3n) is 2.09. The normalized spacial score (nSPS) is 10.8. The van der Waals surface area contributed by atoms with Crippen molar-refractivity contribution in [1.29, 1.82) is 0 Å². The van der Waals surface area contributed by atoms with E-state index in [1.165, 1.54) is 35.7 Å². The molecule has 0 saturated carbocycles. The zero-order valence-electron chi connectivity index (χ0n) is 10.7. The number of hydrogen-bond donors (Lipinski definition) is 0. The average molecular weight is 331 g/mol. The maximum absolute atomic E-state index is 12.2. The number of thioether (sulfide) groups is 1. The summed E-state index contributed by atoms with van der Waals surface area (Å²) in [5, 5.41) is 0.0396. The van der Waals surface area contributed by atoms with Crippen molar-refractivity contribution >= 4 is 62.5 Å². The van der Waals surface area contributed by atoms with Gasteiger partial charge in [0.2, 0.25) is 0 Å². The van der Waals surface area contributed by atoms with Crippen LogP contribution in [-0.2, 0) is 0 Å². The second kappa shape index (κ2) is 7.42. The quantitative estimate of drug-likeness (QED) is 0.559. The molecule has 0 bridgehead atoms. The van der Waals surface area contributed by atoms with Crippen molar-refractivity contribution in [3.8, 4) is 0 Å². The molecule has 102 valence electrons. The van der Waals surface area contributed by atoms with Crippen molar-refractivity contribution in [2.24, 2.45) is 0 Å². The summed E-state index contributed by atoms with van der Waals surface area (Å²) in [5.41, 5.74) is 0.959. The number of carbonyl (C=O) groups excluding carboxylic acids is 1. The fourth-order valence-electron chi connectivity index (χ4n) is 1.38. The van der Waals surface area contributed by atoms with Crippen LogP contribution < -0.4 is 0 Å². The molecule has 0 N–H and O–H groups in total. The summed E-state index contributed by atoms with van der Waals surface area (Å²) < 4.78 is 3.68. The van der Waals surface area contributed by atoms with Crippen LogP contribution in [0.4, 0.5) is 4.79 Å². The van der Waals surface area contributed by atoms with Crippen molar-refractivity contribution in [3.63, 3.8) is 0 Å². The number of hydrogen-bond acceptors (Lipinski definition) is 6. The van der Waals surface area contributed by atoms with E-state index in [0.29, 0.717) is 0 Å². The molecule has 1 amide bonds. The summed E-state index contributed by atoms with van der Waals surface area (Å²) in [6.45, 7) is 4.09. The van der Waals surface area contributed by atoms with Gasteiger partial charge in [0.1, 0.15) is 0 Å². The Labute approximate surface area is 129 Å². The SMILES string of the molecule is CCSN(SCC)C(=O)Sc1nc2ccccc2s1. The number of rotatable bonds is 5. The first-order chi connectivity index (χ1) is 9.24. The standard InChI is InChI=1S/C12H14N2OS4/c1-3-16-14(17-4-2)12(15)19-11-13-9-7-5-6-8-10(9)18-11/h5-8H,3-4H2,1-2H3. The van der Waals surface area contributed by atoms with Gasteiger partial charge in [-0.25, -0.2) is 8.69 Å². The lowest BCUT2D eigenvalue weighted by Crippen LogP contribution is -2.12. The lowest BCUT2D eigenvalue weighted by Gasteiger charge is -2.16. The first kappa shape index (κ1) is 15.0. The summed E-state index contributed by atoms with van der Waals surface area (Å²) in [6.07, 6.45) is 0. The second-order valence-corrected chi connectivity index (χ2v) is 8.27. The molecule has 0 saturated heterocycles. The lowest BCUT2D eigenvalue weighted by atomic mass is 10.3. The molecule has 1 aromatic carbocycles. The Bertz CT molecular complexity index is 518. The molecule has 0 aliphatic rings. The predicted molar refractivity (Wildman–Crippen MR) is 89.0 cm³/mol. The van der Waals surface area contributed by atoms with Gasteiger partial charge in [0.15, 0.2) is 4.34 Å². The van der Waals surface area contributed by atoms with Gasteiger partial charge in [-0.3, -0.25) is 4.79 Å². The van der Waals surface area contributed by atoms with E-state index in [1.807, 2.05) is 38.1 Å². The van der Waals surface area contributed by atoms with E-state index in [2.05, 4.69) is 4.98 Å². The summed E-state index contributed by atoms with van der Waals surface area (Å²) in [4.78, 5) is 16.7. The van der Waals surface area contributed by atoms with Crippen LogP contribution in [0.15, 0.2) is 28.6 Å². The number of thiazole rings is 1. The van der Waals surface area contributed by atoms with Crippen LogP contribution in [0, 0.1) is 0 Å². The van der Waals surface area contributed by atoms with E-state index >= 15 is 0 Å². The van der Waals surface area contributed by atoms with Crippen LogP contribution >= 0.6 is 47.0 Å². The first-order valence-electron chi connectivity index (χ1n) is 5.88. The molecular weight excluding hydrogens is 316 g/mol. The number of aromatic nitrogens is 1. The molecule has 0 unspecified atom stereocenters. The molecule has 0 spiro atoms. The number of para-hydroxylation sites is 1. The van der Waals surface area contributed by atoms with Crippen LogP contribution in [0.5, 0.6) is 0 Å². The molecule has 0 atom stereocenters. The minimum Gasteiger partial charge on any atom is -0.259 e. The highest BCUT2D eigenvalue weighted by atomic mass is 32.2. The van der Waals surface area contributed by atoms with Gasteiger partial charge < -0.3 is 0 Å². The minimum atomic E-state index is 0.0396. The number of nitrogens with zero attached hydrogens (tertiary/aromatic N) is 2. The second-order valence-electron chi connectivity index (χ2n) is 3.41. The van der Waals surface area contributed by atoms with Gasteiger partial charge in [-0.05, 0) is 36.0 Å². The highest BCUT2D eigenvalue weighted by Crippen LogP contribution is 2.34. The average Bonchev–Trinajstić information content (AvgIpc) is 2.80. The monoisotopic (exact) mass is 330 g/mol. The molecule has 0 fully saturated rings. The number of carbonyl (C=O) groups is 1. The van der Waals surface area contributed by atoms with Gasteiger partial charge in [-0.15, -0.1) is 11.3 Å². The number of amides is 1. The molecule has 2 aromatic rings. The van der Waals surface area contributed by atoms with Gasteiger partial charge >= 0.3 is 5.24 Å². The first-order valence-corrected chi connectivity index (χ1v) is 9.39. The fourth-order valence-corrected chi connectivity index (χ4v) is 5.25. The Balaban J connectivity index is 2.08. The smallest absolute Gasteiger partial charge is 0.259 e. The Morgan fingerprint density at radius 3 is 2.58 bits per heavy atom. The molecule has 19 heavy (non-hydrogen) atoms. The van der Waals surface area contributed by atoms with E-state index in [1.54, 1.807) is 15.0 Å². The Morgan fingerprint density at radius 1 is 1.26 bits per heavy atom. The molecule has 7 heteroatoms. The van der Waals surface area contributed by atoms with Crippen molar-refractivity contribution < 1.29 is 4.79 Å². The summed E-state index contributed by atoms with van der Waals surface area (Å²) in [6, 6.07) is 7.95. The van der Waals surface area contributed by atoms with E-state index in [4.69, 9.17) is 0 Å². The van der Waals surface area contributed by atoms with Gasteiger partial charge in [-0.1, -0.05) is 26.0 Å². The van der Waals surface area contributed by atoms with Crippen LogP contribution in [-0.4, -0.2) is 25.4 Å². The van der Waals surface area contributed by atoms with E-state index in [0.717, 1.165) is 26.1 Å². The van der Waals surface area contributed by atoms with E-state index in [9.17, 15) is 4.79 Å². The third-order valence-corrected chi connectivity index (χ3v) is 6.23. The van der Waals surface area contributed by atoms with Gasteiger partial charge in [-0.2, -0.15) is 0 Å². The highest BCUT2D eigenvalue weighted by molar-refractivity contribution is 8.20. The van der Waals surface area contributed by atoms with Gasteiger partial charge in [0.25, 0.3) is 0 Å². The lowest BCUT2D eigenvalue weighted by molar-refractivity contribution is 0.259. The van der Waals surface area contributed by atoms with E-state index in [-0.39, 0.29) is 5.24 Å². The molecule has 0 aliphatic heterocycles. The van der Waals surface area contributed by atoms with Gasteiger partial charge in [0, 0.05) is 23.3 Å².